The van der Waals surface area contributed by atoms with Crippen molar-refractivity contribution in [2.24, 2.45) is 0 Å². The SMILES string of the molecule is FC(F)(F)Oc1ccc(NCc2cc(Cl)ccc2Br)cc1. The van der Waals surface area contributed by atoms with Gasteiger partial charge in [0.05, 0.1) is 0 Å². The van der Waals surface area contributed by atoms with E-state index in [1.54, 1.807) is 12.1 Å². The van der Waals surface area contributed by atoms with Crippen LogP contribution in [0.15, 0.2) is 46.9 Å². The number of nitrogens with one attached hydrogen (secondary N) is 1. The molecule has 2 aromatic rings. The third kappa shape index (κ3) is 5.13. The lowest BCUT2D eigenvalue weighted by Gasteiger charge is -2.11. The molecule has 2 nitrogen and oxygen atoms in total. The first-order chi connectivity index (χ1) is 9.83. The molecule has 0 saturated heterocycles. The topological polar surface area (TPSA) is 21.3 Å². The molecule has 0 aliphatic carbocycles. The number of benzene rings is 2. The fraction of sp³-hybridized carbons (Fsp3) is 0.143. The summed E-state index contributed by atoms with van der Waals surface area (Å²) in [4.78, 5) is 0. The molecule has 0 bridgehead atoms. The summed E-state index contributed by atoms with van der Waals surface area (Å²) in [5.74, 6) is -0.253. The van der Waals surface area contributed by atoms with Crippen LogP contribution in [0.4, 0.5) is 18.9 Å². The fourth-order valence-electron chi connectivity index (χ4n) is 1.65. The molecule has 0 spiro atoms. The first-order valence-corrected chi connectivity index (χ1v) is 7.04. The highest BCUT2D eigenvalue weighted by atomic mass is 79.9. The Morgan fingerprint density at radius 1 is 1.10 bits per heavy atom. The van der Waals surface area contributed by atoms with Crippen molar-refractivity contribution >= 4 is 33.2 Å². The molecule has 0 aliphatic rings. The summed E-state index contributed by atoms with van der Waals surface area (Å²) in [5, 5.41) is 3.71. The van der Waals surface area contributed by atoms with Gasteiger partial charge in [-0.1, -0.05) is 27.5 Å². The van der Waals surface area contributed by atoms with E-state index in [4.69, 9.17) is 11.6 Å². The molecule has 1 N–H and O–H groups in total. The van der Waals surface area contributed by atoms with Crippen LogP contribution in [0.25, 0.3) is 0 Å². The minimum absolute atomic E-state index is 0.253. The van der Waals surface area contributed by atoms with Crippen molar-refractivity contribution in [2.45, 2.75) is 12.9 Å². The van der Waals surface area contributed by atoms with Crippen LogP contribution >= 0.6 is 27.5 Å². The number of halogens is 5. The van der Waals surface area contributed by atoms with Crippen LogP contribution in [0, 0.1) is 0 Å². The van der Waals surface area contributed by atoms with Gasteiger partial charge in [-0.15, -0.1) is 13.2 Å². The van der Waals surface area contributed by atoms with E-state index in [0.717, 1.165) is 10.0 Å². The molecule has 0 atom stereocenters. The van der Waals surface area contributed by atoms with Gasteiger partial charge in [-0.3, -0.25) is 0 Å². The maximum absolute atomic E-state index is 12.0. The fourth-order valence-corrected chi connectivity index (χ4v) is 2.23. The smallest absolute Gasteiger partial charge is 0.406 e. The highest BCUT2D eigenvalue weighted by Crippen LogP contribution is 2.25. The van der Waals surface area contributed by atoms with Gasteiger partial charge in [0.25, 0.3) is 0 Å². The lowest BCUT2D eigenvalue weighted by molar-refractivity contribution is -0.274. The Labute approximate surface area is 133 Å². The number of anilines is 1. The van der Waals surface area contributed by atoms with E-state index in [-0.39, 0.29) is 5.75 Å². The molecule has 112 valence electrons. The Bertz CT molecular complexity index is 617. The summed E-state index contributed by atoms with van der Waals surface area (Å²) in [6.07, 6.45) is -4.68. The average molecular weight is 381 g/mol. The normalized spacial score (nSPS) is 11.3. The molecular formula is C14H10BrClF3NO. The van der Waals surface area contributed by atoms with E-state index < -0.39 is 6.36 Å². The van der Waals surface area contributed by atoms with Crippen molar-refractivity contribution in [3.8, 4) is 5.75 Å². The van der Waals surface area contributed by atoms with Gasteiger partial charge >= 0.3 is 6.36 Å². The molecule has 0 fully saturated rings. The molecule has 0 saturated carbocycles. The van der Waals surface area contributed by atoms with E-state index in [1.807, 2.05) is 6.07 Å². The Kier molecular flexibility index (Phi) is 5.00. The molecule has 21 heavy (non-hydrogen) atoms. The highest BCUT2D eigenvalue weighted by Gasteiger charge is 2.30. The van der Waals surface area contributed by atoms with Gasteiger partial charge in [0.15, 0.2) is 0 Å². The van der Waals surface area contributed by atoms with Crippen molar-refractivity contribution in [1.29, 1.82) is 0 Å². The van der Waals surface area contributed by atoms with Gasteiger partial charge in [0.1, 0.15) is 5.75 Å². The molecule has 0 aliphatic heterocycles. The molecule has 0 radical (unpaired) electrons. The zero-order valence-electron chi connectivity index (χ0n) is 10.5. The lowest BCUT2D eigenvalue weighted by atomic mass is 10.2. The maximum atomic E-state index is 12.0. The summed E-state index contributed by atoms with van der Waals surface area (Å²) < 4.78 is 40.8. The van der Waals surface area contributed by atoms with Crippen molar-refractivity contribution in [2.75, 3.05) is 5.32 Å². The number of alkyl halides is 3. The number of ether oxygens (including phenoxy) is 1. The lowest BCUT2D eigenvalue weighted by Crippen LogP contribution is -2.17. The van der Waals surface area contributed by atoms with Gasteiger partial charge in [-0.2, -0.15) is 0 Å². The van der Waals surface area contributed by atoms with Crippen LogP contribution in [0.2, 0.25) is 5.02 Å². The highest BCUT2D eigenvalue weighted by molar-refractivity contribution is 9.10. The molecule has 0 heterocycles. The van der Waals surface area contributed by atoms with Crippen molar-refractivity contribution < 1.29 is 17.9 Å². The van der Waals surface area contributed by atoms with Crippen molar-refractivity contribution in [3.05, 3.63) is 57.5 Å². The first-order valence-electron chi connectivity index (χ1n) is 5.87. The summed E-state index contributed by atoms with van der Waals surface area (Å²) in [5.41, 5.74) is 1.62. The number of hydrogen-bond donors (Lipinski definition) is 1. The second-order valence-corrected chi connectivity index (χ2v) is 5.45. The molecule has 2 rings (SSSR count). The zero-order valence-corrected chi connectivity index (χ0v) is 12.9. The van der Waals surface area contributed by atoms with Crippen LogP contribution in [-0.4, -0.2) is 6.36 Å². The van der Waals surface area contributed by atoms with E-state index in [0.29, 0.717) is 17.3 Å². The van der Waals surface area contributed by atoms with Gasteiger partial charge < -0.3 is 10.1 Å². The van der Waals surface area contributed by atoms with E-state index in [9.17, 15) is 13.2 Å². The van der Waals surface area contributed by atoms with E-state index in [2.05, 4.69) is 26.0 Å². The Morgan fingerprint density at radius 2 is 1.76 bits per heavy atom. The second kappa shape index (κ2) is 6.58. The van der Waals surface area contributed by atoms with Crippen LogP contribution < -0.4 is 10.1 Å². The molecular weight excluding hydrogens is 371 g/mol. The minimum atomic E-state index is -4.68. The standard InChI is InChI=1S/C14H10BrClF3NO/c15-13-6-1-10(16)7-9(13)8-20-11-2-4-12(5-3-11)21-14(17,18)19/h1-7,20H,8H2. The zero-order chi connectivity index (χ0) is 15.5. The molecule has 0 amide bonds. The van der Waals surface area contributed by atoms with Gasteiger partial charge in [-0.25, -0.2) is 0 Å². The Balaban J connectivity index is 1.99. The summed E-state index contributed by atoms with van der Waals surface area (Å²) >= 11 is 9.31. The predicted molar refractivity (Wildman–Crippen MR) is 79.6 cm³/mol. The maximum Gasteiger partial charge on any atom is 0.573 e. The largest absolute Gasteiger partial charge is 0.573 e. The summed E-state index contributed by atoms with van der Waals surface area (Å²) in [6.45, 7) is 0.487. The molecule has 0 aromatic heterocycles. The van der Waals surface area contributed by atoms with Gasteiger partial charge in [0, 0.05) is 21.7 Å². The predicted octanol–water partition coefficient (Wildman–Crippen LogP) is 5.61. The summed E-state index contributed by atoms with van der Waals surface area (Å²) in [6, 6.07) is 10.9. The average Bonchev–Trinajstić information content (AvgIpc) is 2.40. The third-order valence-corrected chi connectivity index (χ3v) is 3.59. The van der Waals surface area contributed by atoms with Gasteiger partial charge in [0.2, 0.25) is 0 Å². The van der Waals surface area contributed by atoms with Crippen LogP contribution in [0.5, 0.6) is 5.75 Å². The molecule has 0 unspecified atom stereocenters. The Morgan fingerprint density at radius 3 is 2.38 bits per heavy atom. The van der Waals surface area contributed by atoms with Crippen LogP contribution in [0.1, 0.15) is 5.56 Å². The third-order valence-electron chi connectivity index (χ3n) is 2.58. The van der Waals surface area contributed by atoms with Crippen LogP contribution in [0.3, 0.4) is 0 Å². The van der Waals surface area contributed by atoms with Crippen molar-refractivity contribution in [1.82, 2.24) is 0 Å². The Hall–Kier alpha value is -1.40. The van der Waals surface area contributed by atoms with E-state index in [1.165, 1.54) is 24.3 Å². The number of hydrogen-bond acceptors (Lipinski definition) is 2. The quantitative estimate of drug-likeness (QED) is 0.744. The minimum Gasteiger partial charge on any atom is -0.406 e. The van der Waals surface area contributed by atoms with Crippen LogP contribution in [-0.2, 0) is 6.54 Å². The first kappa shape index (κ1) is 16.0. The monoisotopic (exact) mass is 379 g/mol. The van der Waals surface area contributed by atoms with Gasteiger partial charge in [-0.05, 0) is 48.0 Å². The summed E-state index contributed by atoms with van der Waals surface area (Å²) in [7, 11) is 0. The molecule has 2 aromatic carbocycles. The van der Waals surface area contributed by atoms with Crippen molar-refractivity contribution in [3.63, 3.8) is 0 Å². The van der Waals surface area contributed by atoms with E-state index >= 15 is 0 Å². The molecule has 7 heteroatoms. The number of rotatable bonds is 4. The second-order valence-electron chi connectivity index (χ2n) is 4.16.